The maximum absolute atomic E-state index is 13.3. The Bertz CT molecular complexity index is 634. The van der Waals surface area contributed by atoms with E-state index in [1.54, 1.807) is 0 Å². The van der Waals surface area contributed by atoms with Crippen molar-refractivity contribution in [3.63, 3.8) is 0 Å². The molecule has 9 heteroatoms. The Kier molecular flexibility index (Phi) is 3.05. The van der Waals surface area contributed by atoms with E-state index in [2.05, 4.69) is 10.3 Å². The van der Waals surface area contributed by atoms with Crippen molar-refractivity contribution in [2.24, 2.45) is 0 Å². The summed E-state index contributed by atoms with van der Waals surface area (Å²) in [6.45, 7) is 0. The first-order valence-corrected chi connectivity index (χ1v) is 4.78. The highest BCUT2D eigenvalue weighted by atomic mass is 19.4. The van der Waals surface area contributed by atoms with Gasteiger partial charge in [-0.3, -0.25) is 4.79 Å². The smallest absolute Gasteiger partial charge is 0.282 e. The minimum Gasteiger partial charge on any atom is -0.282 e. The van der Waals surface area contributed by atoms with Gasteiger partial charge in [-0.2, -0.15) is 13.2 Å². The van der Waals surface area contributed by atoms with Crippen LogP contribution in [-0.2, 0) is 0 Å². The first kappa shape index (κ1) is 13.1. The zero-order chi connectivity index (χ0) is 14.2. The molecule has 2 rings (SSSR count). The number of nitrogens with zero attached hydrogens (tertiary/aromatic N) is 3. The maximum atomic E-state index is 13.3. The standard InChI is InChI=1S/C10H4F5N3O/c11-5-1-2-6(12)8(3-5)18-4-7(16-17-18)9(19)10(13,14)15/h1-4H. The molecule has 1 aromatic heterocycles. The number of aromatic nitrogens is 3. The summed E-state index contributed by atoms with van der Waals surface area (Å²) in [5.41, 5.74) is -1.45. The lowest BCUT2D eigenvalue weighted by Gasteiger charge is -2.02. The monoisotopic (exact) mass is 277 g/mol. The highest BCUT2D eigenvalue weighted by Gasteiger charge is 2.41. The van der Waals surface area contributed by atoms with E-state index < -0.39 is 35.0 Å². The lowest BCUT2D eigenvalue weighted by molar-refractivity contribution is -0.0888. The predicted molar refractivity (Wildman–Crippen MR) is 51.7 cm³/mol. The van der Waals surface area contributed by atoms with Crippen LogP contribution in [0.2, 0.25) is 0 Å². The second-order valence-electron chi connectivity index (χ2n) is 3.47. The van der Waals surface area contributed by atoms with Gasteiger partial charge in [0, 0.05) is 6.07 Å². The molecule has 0 fully saturated rings. The minimum absolute atomic E-state index is 0.450. The molecule has 1 heterocycles. The third-order valence-electron chi connectivity index (χ3n) is 2.14. The summed E-state index contributed by atoms with van der Waals surface area (Å²) in [6, 6.07) is 2.32. The molecule has 0 saturated carbocycles. The Morgan fingerprint density at radius 1 is 1.21 bits per heavy atom. The molecule has 0 radical (unpaired) electrons. The van der Waals surface area contributed by atoms with E-state index in [1.807, 2.05) is 0 Å². The largest absolute Gasteiger partial charge is 0.456 e. The van der Waals surface area contributed by atoms with E-state index in [9.17, 15) is 26.7 Å². The highest BCUT2D eigenvalue weighted by molar-refractivity contribution is 5.98. The van der Waals surface area contributed by atoms with Gasteiger partial charge >= 0.3 is 6.18 Å². The van der Waals surface area contributed by atoms with Gasteiger partial charge in [-0.05, 0) is 12.1 Å². The topological polar surface area (TPSA) is 47.8 Å². The van der Waals surface area contributed by atoms with Crippen molar-refractivity contribution in [1.82, 2.24) is 15.0 Å². The Morgan fingerprint density at radius 2 is 1.89 bits per heavy atom. The second kappa shape index (κ2) is 4.41. The third kappa shape index (κ3) is 2.59. The van der Waals surface area contributed by atoms with Gasteiger partial charge in [-0.1, -0.05) is 5.21 Å². The van der Waals surface area contributed by atoms with Crippen molar-refractivity contribution in [2.75, 3.05) is 0 Å². The minimum atomic E-state index is -5.11. The van der Waals surface area contributed by atoms with E-state index in [0.29, 0.717) is 16.9 Å². The summed E-state index contributed by atoms with van der Waals surface area (Å²) in [7, 11) is 0. The van der Waals surface area contributed by atoms with E-state index in [4.69, 9.17) is 0 Å². The van der Waals surface area contributed by atoms with Gasteiger partial charge in [0.25, 0.3) is 5.78 Å². The third-order valence-corrected chi connectivity index (χ3v) is 2.14. The first-order chi connectivity index (χ1) is 8.79. The van der Waals surface area contributed by atoms with Crippen LogP contribution in [0.3, 0.4) is 0 Å². The molecule has 1 aromatic carbocycles. The van der Waals surface area contributed by atoms with Crippen LogP contribution in [0.25, 0.3) is 5.69 Å². The molecule has 0 aliphatic heterocycles. The zero-order valence-electron chi connectivity index (χ0n) is 8.95. The molecule has 0 bridgehead atoms. The molecule has 0 saturated heterocycles. The van der Waals surface area contributed by atoms with Gasteiger partial charge in [0.2, 0.25) is 0 Å². The van der Waals surface area contributed by atoms with Crippen molar-refractivity contribution in [3.05, 3.63) is 41.7 Å². The molecule has 0 amide bonds. The molecule has 0 aliphatic carbocycles. The Hall–Kier alpha value is -2.32. The zero-order valence-corrected chi connectivity index (χ0v) is 8.95. The van der Waals surface area contributed by atoms with Crippen LogP contribution < -0.4 is 0 Å². The molecule has 0 aliphatic rings. The highest BCUT2D eigenvalue weighted by Crippen LogP contribution is 2.21. The fourth-order valence-corrected chi connectivity index (χ4v) is 1.29. The molecule has 19 heavy (non-hydrogen) atoms. The molecule has 0 spiro atoms. The molecular weight excluding hydrogens is 273 g/mol. The summed E-state index contributed by atoms with van der Waals surface area (Å²) in [4.78, 5) is 10.9. The molecule has 0 unspecified atom stereocenters. The Morgan fingerprint density at radius 3 is 2.53 bits per heavy atom. The van der Waals surface area contributed by atoms with Crippen LogP contribution >= 0.6 is 0 Å². The molecule has 2 aromatic rings. The van der Waals surface area contributed by atoms with Crippen LogP contribution in [0.1, 0.15) is 10.5 Å². The van der Waals surface area contributed by atoms with Gasteiger partial charge in [0.1, 0.15) is 17.3 Å². The van der Waals surface area contributed by atoms with Crippen molar-refractivity contribution in [3.8, 4) is 5.69 Å². The number of hydrogen-bond donors (Lipinski definition) is 0. The number of halogens is 5. The lowest BCUT2D eigenvalue weighted by Crippen LogP contribution is -2.23. The van der Waals surface area contributed by atoms with Crippen molar-refractivity contribution in [1.29, 1.82) is 0 Å². The lowest BCUT2D eigenvalue weighted by atomic mass is 10.3. The quantitative estimate of drug-likeness (QED) is 0.625. The average molecular weight is 277 g/mol. The first-order valence-electron chi connectivity index (χ1n) is 4.78. The molecule has 4 nitrogen and oxygen atoms in total. The molecule has 0 N–H and O–H groups in total. The fourth-order valence-electron chi connectivity index (χ4n) is 1.29. The van der Waals surface area contributed by atoms with Crippen LogP contribution in [-0.4, -0.2) is 27.0 Å². The van der Waals surface area contributed by atoms with Crippen LogP contribution in [0.4, 0.5) is 22.0 Å². The number of alkyl halides is 3. The van der Waals surface area contributed by atoms with Gasteiger partial charge in [0.05, 0.1) is 6.20 Å². The van der Waals surface area contributed by atoms with Crippen LogP contribution in [0.15, 0.2) is 24.4 Å². The van der Waals surface area contributed by atoms with E-state index in [1.165, 1.54) is 0 Å². The summed E-state index contributed by atoms with van der Waals surface area (Å²) in [5.74, 6) is -3.94. The number of benzene rings is 1. The van der Waals surface area contributed by atoms with E-state index in [-0.39, 0.29) is 0 Å². The number of rotatable bonds is 2. The fraction of sp³-hybridized carbons (Fsp3) is 0.100. The van der Waals surface area contributed by atoms with Crippen molar-refractivity contribution >= 4 is 5.78 Å². The van der Waals surface area contributed by atoms with Gasteiger partial charge < -0.3 is 0 Å². The Balaban J connectivity index is 2.42. The predicted octanol–water partition coefficient (Wildman–Crippen LogP) is 2.29. The van der Waals surface area contributed by atoms with Crippen LogP contribution in [0.5, 0.6) is 0 Å². The SMILES string of the molecule is O=C(c1cn(-c2cc(F)ccc2F)nn1)C(F)(F)F. The van der Waals surface area contributed by atoms with Gasteiger partial charge in [0.15, 0.2) is 5.69 Å². The van der Waals surface area contributed by atoms with Crippen molar-refractivity contribution < 1.29 is 26.7 Å². The number of carbonyl (C=O) groups excluding carboxylic acids is 1. The Labute approximate surface area is 102 Å². The maximum Gasteiger partial charge on any atom is 0.456 e. The average Bonchev–Trinajstić information content (AvgIpc) is 2.79. The molecule has 0 atom stereocenters. The summed E-state index contributed by atoms with van der Waals surface area (Å²) >= 11 is 0. The van der Waals surface area contributed by atoms with E-state index >= 15 is 0 Å². The number of ketones is 1. The van der Waals surface area contributed by atoms with Gasteiger partial charge in [-0.15, -0.1) is 5.10 Å². The normalized spacial score (nSPS) is 11.6. The van der Waals surface area contributed by atoms with Crippen molar-refractivity contribution in [2.45, 2.75) is 6.18 Å². The summed E-state index contributed by atoms with van der Waals surface area (Å²) < 4.78 is 63.2. The number of Topliss-reactive ketones (excluding diaryl/α,β-unsaturated/α-hetero) is 1. The summed E-state index contributed by atoms with van der Waals surface area (Å²) in [6.07, 6.45) is -4.53. The summed E-state index contributed by atoms with van der Waals surface area (Å²) in [5, 5.41) is 6.15. The molecule has 100 valence electrons. The second-order valence-corrected chi connectivity index (χ2v) is 3.47. The van der Waals surface area contributed by atoms with Crippen LogP contribution in [0, 0.1) is 11.6 Å². The van der Waals surface area contributed by atoms with E-state index in [0.717, 1.165) is 12.1 Å². The number of carbonyl (C=O) groups is 1. The number of hydrogen-bond acceptors (Lipinski definition) is 3. The van der Waals surface area contributed by atoms with Gasteiger partial charge in [-0.25, -0.2) is 13.5 Å². The molecular formula is C10H4F5N3O.